The van der Waals surface area contributed by atoms with Crippen molar-refractivity contribution in [2.75, 3.05) is 11.4 Å². The maximum absolute atomic E-state index is 12.4. The molecule has 132 valence electrons. The van der Waals surface area contributed by atoms with Crippen LogP contribution < -0.4 is 14.4 Å². The largest absolute Gasteiger partial charge is 0.423 e. The van der Waals surface area contributed by atoms with Crippen molar-refractivity contribution in [2.24, 2.45) is 0 Å². The highest BCUT2D eigenvalue weighted by atomic mass is 35.5. The van der Waals surface area contributed by atoms with Crippen LogP contribution in [0.1, 0.15) is 23.2 Å². The van der Waals surface area contributed by atoms with Crippen molar-refractivity contribution in [2.45, 2.75) is 23.9 Å². The predicted molar refractivity (Wildman–Crippen MR) is 93.6 cm³/mol. The Balaban J connectivity index is 0.00000182. The first kappa shape index (κ1) is 17.7. The fraction of sp³-hybridized carbons (Fsp3) is 0.250. The SMILES string of the molecule is Cl.O=C(Oc1ccc2c(c1)S(=O)(=O)NC1CCCN21)c1ccncc1. The molecule has 0 spiro atoms. The van der Waals surface area contributed by atoms with Gasteiger partial charge in [0.05, 0.1) is 17.4 Å². The Morgan fingerprint density at radius 1 is 1.24 bits per heavy atom. The van der Waals surface area contributed by atoms with Gasteiger partial charge in [0.2, 0.25) is 10.0 Å². The lowest BCUT2D eigenvalue weighted by Gasteiger charge is -2.33. The van der Waals surface area contributed by atoms with Crippen molar-refractivity contribution in [1.29, 1.82) is 0 Å². The molecule has 0 amide bonds. The van der Waals surface area contributed by atoms with E-state index in [0.717, 1.165) is 19.4 Å². The van der Waals surface area contributed by atoms with Gasteiger partial charge in [-0.15, -0.1) is 12.4 Å². The molecule has 1 N–H and O–H groups in total. The summed E-state index contributed by atoms with van der Waals surface area (Å²) >= 11 is 0. The van der Waals surface area contributed by atoms with E-state index in [1.165, 1.54) is 30.6 Å². The number of aromatic nitrogens is 1. The Hall–Kier alpha value is -2.16. The Bertz CT molecular complexity index is 905. The summed E-state index contributed by atoms with van der Waals surface area (Å²) in [5.74, 6) is -0.365. The molecule has 0 aliphatic carbocycles. The minimum atomic E-state index is -3.61. The number of hydrogen-bond donors (Lipinski definition) is 1. The molecule has 0 bridgehead atoms. The van der Waals surface area contributed by atoms with Crippen molar-refractivity contribution in [3.8, 4) is 5.75 Å². The van der Waals surface area contributed by atoms with E-state index >= 15 is 0 Å². The third-order valence-corrected chi connectivity index (χ3v) is 5.69. The predicted octanol–water partition coefficient (Wildman–Crippen LogP) is 1.94. The van der Waals surface area contributed by atoms with Gasteiger partial charge in [-0.25, -0.2) is 13.2 Å². The summed E-state index contributed by atoms with van der Waals surface area (Å²) < 4.78 is 32.8. The van der Waals surface area contributed by atoms with Gasteiger partial charge in [0.1, 0.15) is 10.6 Å². The van der Waals surface area contributed by atoms with Crippen molar-refractivity contribution in [3.05, 3.63) is 48.3 Å². The van der Waals surface area contributed by atoms with Gasteiger partial charge in [0.15, 0.2) is 0 Å². The van der Waals surface area contributed by atoms with E-state index in [0.29, 0.717) is 11.3 Å². The summed E-state index contributed by atoms with van der Waals surface area (Å²) in [6.45, 7) is 0.802. The van der Waals surface area contributed by atoms with Crippen LogP contribution in [0.4, 0.5) is 5.69 Å². The molecule has 1 aromatic heterocycles. The number of fused-ring (bicyclic) bond motifs is 3. The minimum absolute atomic E-state index is 0. The summed E-state index contributed by atoms with van der Waals surface area (Å²) in [5.41, 5.74) is 1.00. The number of nitrogens with zero attached hydrogens (tertiary/aromatic N) is 2. The monoisotopic (exact) mass is 381 g/mol. The van der Waals surface area contributed by atoms with Gasteiger partial charge in [0.25, 0.3) is 0 Å². The lowest BCUT2D eigenvalue weighted by molar-refractivity contribution is 0.0734. The highest BCUT2D eigenvalue weighted by Gasteiger charge is 2.37. The summed E-state index contributed by atoms with van der Waals surface area (Å²) in [6, 6.07) is 7.78. The van der Waals surface area contributed by atoms with Crippen LogP contribution in [0.15, 0.2) is 47.6 Å². The van der Waals surface area contributed by atoms with Crippen molar-refractivity contribution in [3.63, 3.8) is 0 Å². The number of rotatable bonds is 2. The van der Waals surface area contributed by atoms with E-state index < -0.39 is 16.0 Å². The second-order valence-electron chi connectivity index (χ2n) is 5.73. The van der Waals surface area contributed by atoms with Crippen LogP contribution in [0.5, 0.6) is 5.75 Å². The van der Waals surface area contributed by atoms with Gasteiger partial charge in [0, 0.05) is 25.0 Å². The van der Waals surface area contributed by atoms with E-state index in [9.17, 15) is 13.2 Å². The van der Waals surface area contributed by atoms with Gasteiger partial charge in [-0.1, -0.05) is 0 Å². The number of nitrogens with one attached hydrogen (secondary N) is 1. The molecule has 4 rings (SSSR count). The Kier molecular flexibility index (Phi) is 4.68. The first-order valence-corrected chi connectivity index (χ1v) is 9.08. The maximum Gasteiger partial charge on any atom is 0.343 e. The number of carbonyl (C=O) groups excluding carboxylic acids is 1. The third kappa shape index (κ3) is 3.20. The van der Waals surface area contributed by atoms with Crippen LogP contribution >= 0.6 is 12.4 Å². The van der Waals surface area contributed by atoms with Crippen molar-refractivity contribution < 1.29 is 17.9 Å². The lowest BCUT2D eigenvalue weighted by Crippen LogP contribution is -2.48. The van der Waals surface area contributed by atoms with Gasteiger partial charge in [-0.3, -0.25) is 4.98 Å². The van der Waals surface area contributed by atoms with E-state index in [2.05, 4.69) is 9.71 Å². The van der Waals surface area contributed by atoms with Gasteiger partial charge in [-0.2, -0.15) is 4.72 Å². The quantitative estimate of drug-likeness (QED) is 0.631. The van der Waals surface area contributed by atoms with E-state index in [-0.39, 0.29) is 29.2 Å². The Labute approximate surface area is 151 Å². The van der Waals surface area contributed by atoms with Crippen LogP contribution in [0.3, 0.4) is 0 Å². The van der Waals surface area contributed by atoms with Crippen LogP contribution in [0, 0.1) is 0 Å². The molecule has 2 aliphatic heterocycles. The zero-order valence-corrected chi connectivity index (χ0v) is 14.7. The number of anilines is 1. The summed E-state index contributed by atoms with van der Waals surface area (Å²) in [4.78, 5) is 18.1. The van der Waals surface area contributed by atoms with Gasteiger partial charge in [-0.05, 0) is 37.1 Å². The molecule has 2 aliphatic rings. The maximum atomic E-state index is 12.4. The fourth-order valence-electron chi connectivity index (χ4n) is 3.08. The number of hydrogen-bond acceptors (Lipinski definition) is 6. The lowest BCUT2D eigenvalue weighted by atomic mass is 10.2. The smallest absolute Gasteiger partial charge is 0.343 e. The first-order chi connectivity index (χ1) is 11.5. The number of ether oxygens (including phenoxy) is 1. The van der Waals surface area contributed by atoms with E-state index in [4.69, 9.17) is 4.74 Å². The molecule has 0 saturated carbocycles. The number of pyridine rings is 1. The molecule has 1 unspecified atom stereocenters. The summed E-state index contributed by atoms with van der Waals surface area (Å²) in [7, 11) is -3.61. The zero-order valence-electron chi connectivity index (χ0n) is 13.1. The molecule has 3 heterocycles. The van der Waals surface area contributed by atoms with Crippen LogP contribution in [-0.4, -0.2) is 32.1 Å². The normalized spacial score (nSPS) is 20.2. The molecule has 1 fully saturated rings. The summed E-state index contributed by atoms with van der Waals surface area (Å²) in [6.07, 6.45) is 4.52. The van der Waals surface area contributed by atoms with Crippen LogP contribution in [0.25, 0.3) is 0 Å². The number of esters is 1. The number of halogens is 1. The highest BCUT2D eigenvalue weighted by Crippen LogP contribution is 2.37. The molecule has 1 aromatic carbocycles. The van der Waals surface area contributed by atoms with Gasteiger partial charge < -0.3 is 9.64 Å². The second kappa shape index (κ2) is 6.62. The third-order valence-electron chi connectivity index (χ3n) is 4.20. The highest BCUT2D eigenvalue weighted by molar-refractivity contribution is 7.89. The number of carbonyl (C=O) groups is 1. The number of sulfonamides is 1. The number of benzene rings is 1. The van der Waals surface area contributed by atoms with Crippen molar-refractivity contribution in [1.82, 2.24) is 9.71 Å². The molecule has 25 heavy (non-hydrogen) atoms. The zero-order chi connectivity index (χ0) is 16.7. The van der Waals surface area contributed by atoms with Crippen molar-refractivity contribution >= 4 is 34.1 Å². The molecular formula is C16H16ClN3O4S. The van der Waals surface area contributed by atoms with E-state index in [1.807, 2.05) is 4.90 Å². The molecule has 0 radical (unpaired) electrons. The molecule has 9 heteroatoms. The average molecular weight is 382 g/mol. The average Bonchev–Trinajstić information content (AvgIpc) is 3.03. The first-order valence-electron chi connectivity index (χ1n) is 7.60. The topological polar surface area (TPSA) is 88.6 Å². The molecule has 7 nitrogen and oxygen atoms in total. The fourth-order valence-corrected chi connectivity index (χ4v) is 4.55. The second-order valence-corrected chi connectivity index (χ2v) is 7.41. The molecule has 2 aromatic rings. The minimum Gasteiger partial charge on any atom is -0.423 e. The van der Waals surface area contributed by atoms with E-state index in [1.54, 1.807) is 12.1 Å². The molecule has 1 saturated heterocycles. The standard InChI is InChI=1S/C16H15N3O4S.ClH/c20-16(11-5-7-17-8-6-11)23-12-3-4-13-14(10-12)24(21,22)18-15-2-1-9-19(13)15;/h3-8,10,15,18H,1-2,9H2;1H. The Morgan fingerprint density at radius 2 is 2.00 bits per heavy atom. The van der Waals surface area contributed by atoms with Gasteiger partial charge >= 0.3 is 5.97 Å². The Morgan fingerprint density at radius 3 is 2.76 bits per heavy atom. The molecule has 1 atom stereocenters. The van der Waals surface area contributed by atoms with Crippen LogP contribution in [0.2, 0.25) is 0 Å². The summed E-state index contributed by atoms with van der Waals surface area (Å²) in [5, 5.41) is 0. The van der Waals surface area contributed by atoms with Crippen LogP contribution in [-0.2, 0) is 10.0 Å². The molecular weight excluding hydrogens is 366 g/mol.